The first kappa shape index (κ1) is 19.4. The third-order valence-corrected chi connectivity index (χ3v) is 5.44. The molecule has 0 aromatic carbocycles. The van der Waals surface area contributed by atoms with E-state index in [9.17, 15) is 4.79 Å². The third-order valence-electron chi connectivity index (χ3n) is 3.73. The van der Waals surface area contributed by atoms with Gasteiger partial charge in [-0.1, -0.05) is 45.6 Å². The topological polar surface area (TPSA) is 65.0 Å². The minimum absolute atomic E-state index is 0.0891. The van der Waals surface area contributed by atoms with E-state index in [1.54, 1.807) is 0 Å². The molecule has 5 nitrogen and oxygen atoms in total. The normalized spacial score (nSPS) is 26.9. The average Bonchev–Trinajstić information content (AvgIpc) is 2.41. The Morgan fingerprint density at radius 2 is 2.00 bits per heavy atom. The van der Waals surface area contributed by atoms with Gasteiger partial charge in [0.25, 0.3) is 0 Å². The highest BCUT2D eigenvalue weighted by atomic mass is 28.3. The van der Waals surface area contributed by atoms with E-state index in [0.29, 0.717) is 6.61 Å². The Balaban J connectivity index is 2.24. The summed E-state index contributed by atoms with van der Waals surface area (Å²) in [4.78, 5) is 11.1. The molecule has 6 heteroatoms. The van der Waals surface area contributed by atoms with E-state index in [0.717, 1.165) is 12.7 Å². The van der Waals surface area contributed by atoms with Crippen LogP contribution in [0.1, 0.15) is 13.8 Å². The maximum absolute atomic E-state index is 11.1. The number of carboxylic acid groups (broad SMARTS) is 1. The van der Waals surface area contributed by atoms with Gasteiger partial charge in [0.2, 0.25) is 0 Å². The number of aliphatic carboxylic acids is 1. The molecule has 0 saturated carbocycles. The lowest BCUT2D eigenvalue weighted by Crippen LogP contribution is -2.39. The lowest BCUT2D eigenvalue weighted by Gasteiger charge is -2.31. The summed E-state index contributed by atoms with van der Waals surface area (Å²) in [5, 5.41) is 9.14. The number of hydrogen-bond acceptors (Lipinski definition) is 4. The zero-order valence-corrected chi connectivity index (χ0v) is 15.4. The predicted octanol–water partition coefficient (Wildman–Crippen LogP) is 3.00. The van der Waals surface area contributed by atoms with Crippen LogP contribution in [0.25, 0.3) is 0 Å². The lowest BCUT2D eigenvalue weighted by atomic mass is 9.95. The summed E-state index contributed by atoms with van der Waals surface area (Å²) in [6.45, 7) is 12.3. The van der Waals surface area contributed by atoms with Crippen molar-refractivity contribution in [1.29, 1.82) is 0 Å². The second-order valence-electron chi connectivity index (χ2n) is 7.29. The van der Waals surface area contributed by atoms with Crippen molar-refractivity contribution < 1.29 is 24.1 Å². The van der Waals surface area contributed by atoms with E-state index in [1.807, 2.05) is 26.0 Å². The molecule has 1 aliphatic rings. The van der Waals surface area contributed by atoms with Crippen LogP contribution in [0, 0.1) is 11.8 Å². The third kappa shape index (κ3) is 7.04. The van der Waals surface area contributed by atoms with Crippen LogP contribution in [-0.2, 0) is 19.0 Å². The number of carbonyl (C=O) groups is 1. The molecule has 0 radical (unpaired) electrons. The first-order chi connectivity index (χ1) is 10.2. The van der Waals surface area contributed by atoms with Gasteiger partial charge in [0, 0.05) is 26.5 Å². The van der Waals surface area contributed by atoms with Crippen molar-refractivity contribution in [2.45, 2.75) is 51.7 Å². The smallest absolute Gasteiger partial charge is 0.333 e. The fourth-order valence-corrected chi connectivity index (χ4v) is 2.91. The summed E-state index contributed by atoms with van der Waals surface area (Å²) in [6, 6.07) is 1.12. The van der Waals surface area contributed by atoms with Crippen LogP contribution in [0.3, 0.4) is 0 Å². The van der Waals surface area contributed by atoms with Gasteiger partial charge in [0.15, 0.2) is 6.10 Å². The standard InChI is InChI=1S/C16H30O5Si/c1-12-6-7-14(21-15(12)16(17)18)13(2)10-20-11-19-8-9-22(3,4)5/h6-7,12-15H,8-11H2,1-5H3,(H,17,18)/t12-,13-,14+,15+/m0/s1. The van der Waals surface area contributed by atoms with E-state index in [4.69, 9.17) is 19.3 Å². The molecule has 0 saturated heterocycles. The highest BCUT2D eigenvalue weighted by molar-refractivity contribution is 6.76. The molecule has 22 heavy (non-hydrogen) atoms. The van der Waals surface area contributed by atoms with Gasteiger partial charge in [-0.25, -0.2) is 4.79 Å². The average molecular weight is 330 g/mol. The van der Waals surface area contributed by atoms with E-state index < -0.39 is 20.1 Å². The van der Waals surface area contributed by atoms with Gasteiger partial charge in [0.1, 0.15) is 6.79 Å². The van der Waals surface area contributed by atoms with Crippen LogP contribution in [0.5, 0.6) is 0 Å². The Kier molecular flexibility index (Phi) is 7.75. The molecule has 0 unspecified atom stereocenters. The van der Waals surface area contributed by atoms with Crippen molar-refractivity contribution in [2.75, 3.05) is 20.0 Å². The molecule has 128 valence electrons. The molecule has 1 N–H and O–H groups in total. The molecular weight excluding hydrogens is 300 g/mol. The first-order valence-corrected chi connectivity index (χ1v) is 11.6. The molecule has 0 aromatic rings. The minimum Gasteiger partial charge on any atom is -0.479 e. The quantitative estimate of drug-likeness (QED) is 0.305. The van der Waals surface area contributed by atoms with Crippen molar-refractivity contribution in [3.8, 4) is 0 Å². The second kappa shape index (κ2) is 8.81. The number of carboxylic acids is 1. The summed E-state index contributed by atoms with van der Waals surface area (Å²) >= 11 is 0. The Bertz CT molecular complexity index is 377. The molecule has 1 aliphatic heterocycles. The van der Waals surface area contributed by atoms with Gasteiger partial charge in [-0.15, -0.1) is 0 Å². The highest BCUT2D eigenvalue weighted by Gasteiger charge is 2.32. The first-order valence-electron chi connectivity index (χ1n) is 7.93. The second-order valence-corrected chi connectivity index (χ2v) is 12.9. The number of ether oxygens (including phenoxy) is 3. The maximum Gasteiger partial charge on any atom is 0.333 e. The predicted molar refractivity (Wildman–Crippen MR) is 88.7 cm³/mol. The van der Waals surface area contributed by atoms with E-state index in [1.165, 1.54) is 0 Å². The van der Waals surface area contributed by atoms with Crippen molar-refractivity contribution in [2.24, 2.45) is 11.8 Å². The van der Waals surface area contributed by atoms with Crippen molar-refractivity contribution in [3.05, 3.63) is 12.2 Å². The molecule has 0 aliphatic carbocycles. The zero-order chi connectivity index (χ0) is 16.8. The molecule has 0 bridgehead atoms. The van der Waals surface area contributed by atoms with Crippen molar-refractivity contribution in [3.63, 3.8) is 0 Å². The fourth-order valence-electron chi connectivity index (χ4n) is 2.16. The largest absolute Gasteiger partial charge is 0.479 e. The molecular formula is C16H30O5Si. The summed E-state index contributed by atoms with van der Waals surface area (Å²) in [5.74, 6) is -0.928. The monoisotopic (exact) mass is 330 g/mol. The van der Waals surface area contributed by atoms with Gasteiger partial charge in [-0.2, -0.15) is 0 Å². The fraction of sp³-hybridized carbons (Fsp3) is 0.812. The van der Waals surface area contributed by atoms with Crippen LogP contribution < -0.4 is 0 Å². The van der Waals surface area contributed by atoms with E-state index in [2.05, 4.69) is 19.6 Å². The molecule has 0 spiro atoms. The van der Waals surface area contributed by atoms with Gasteiger partial charge in [-0.05, 0) is 6.04 Å². The summed E-state index contributed by atoms with van der Waals surface area (Å²) < 4.78 is 16.6. The van der Waals surface area contributed by atoms with E-state index in [-0.39, 0.29) is 24.7 Å². The molecule has 4 atom stereocenters. The van der Waals surface area contributed by atoms with Crippen LogP contribution >= 0.6 is 0 Å². The van der Waals surface area contributed by atoms with Crippen LogP contribution in [0.15, 0.2) is 12.2 Å². The van der Waals surface area contributed by atoms with E-state index >= 15 is 0 Å². The molecule has 0 aromatic heterocycles. The number of hydrogen-bond donors (Lipinski definition) is 1. The molecule has 0 fully saturated rings. The maximum atomic E-state index is 11.1. The minimum atomic E-state index is -1.06. The Morgan fingerprint density at radius 1 is 1.32 bits per heavy atom. The highest BCUT2D eigenvalue weighted by Crippen LogP contribution is 2.23. The van der Waals surface area contributed by atoms with Crippen molar-refractivity contribution >= 4 is 14.0 Å². The van der Waals surface area contributed by atoms with Crippen LogP contribution in [-0.4, -0.2) is 51.4 Å². The molecule has 0 amide bonds. The Hall–Kier alpha value is -0.693. The van der Waals surface area contributed by atoms with Gasteiger partial charge < -0.3 is 19.3 Å². The van der Waals surface area contributed by atoms with Crippen LogP contribution in [0.2, 0.25) is 25.7 Å². The molecule has 1 heterocycles. The van der Waals surface area contributed by atoms with Gasteiger partial charge in [-0.3, -0.25) is 0 Å². The SMILES string of the molecule is C[C@H]1C=C[C@H]([C@@H](C)COCOCC[Si](C)(C)C)O[C@H]1C(=O)O. The Labute approximate surface area is 134 Å². The summed E-state index contributed by atoms with van der Waals surface area (Å²) in [5.41, 5.74) is 0. The van der Waals surface area contributed by atoms with Gasteiger partial charge in [0.05, 0.1) is 12.7 Å². The summed E-state index contributed by atoms with van der Waals surface area (Å²) in [7, 11) is -1.06. The van der Waals surface area contributed by atoms with Crippen molar-refractivity contribution in [1.82, 2.24) is 0 Å². The van der Waals surface area contributed by atoms with Gasteiger partial charge >= 0.3 is 5.97 Å². The lowest BCUT2D eigenvalue weighted by molar-refractivity contribution is -0.160. The molecule has 1 rings (SSSR count). The Morgan fingerprint density at radius 3 is 2.59 bits per heavy atom. The summed E-state index contributed by atoms with van der Waals surface area (Å²) in [6.07, 6.45) is 2.85. The zero-order valence-electron chi connectivity index (χ0n) is 14.4. The number of rotatable bonds is 9. The van der Waals surface area contributed by atoms with Crippen LogP contribution in [0.4, 0.5) is 0 Å².